The molecule has 0 aliphatic carbocycles. The van der Waals surface area contributed by atoms with Crippen molar-refractivity contribution in [3.05, 3.63) is 58.1 Å². The quantitative estimate of drug-likeness (QED) is 0.824. The fraction of sp³-hybridized carbons (Fsp3) is 0.300. The second kappa shape index (κ2) is 8.62. The minimum absolute atomic E-state index is 0.0584. The number of nitrogens with zero attached hydrogens (tertiary/aromatic N) is 2. The van der Waals surface area contributed by atoms with Crippen molar-refractivity contribution in [1.82, 2.24) is 0 Å². The number of anilines is 2. The SMILES string of the molecule is C[C@H](C(=O)Nc1ccc(C#N)c(Cl)c1)[NH+]1CCN(c2ccccc2Cl)CC1. The Kier molecular flexibility index (Phi) is 6.22. The lowest BCUT2D eigenvalue weighted by molar-refractivity contribution is -0.914. The van der Waals surface area contributed by atoms with Gasteiger partial charge in [0.05, 0.1) is 47.5 Å². The molecule has 2 aromatic rings. The van der Waals surface area contributed by atoms with Crippen molar-refractivity contribution in [2.24, 2.45) is 0 Å². The molecule has 2 N–H and O–H groups in total. The summed E-state index contributed by atoms with van der Waals surface area (Å²) in [6.07, 6.45) is 0. The van der Waals surface area contributed by atoms with Gasteiger partial charge in [-0.2, -0.15) is 5.26 Å². The first-order valence-electron chi connectivity index (χ1n) is 8.84. The molecule has 5 nitrogen and oxygen atoms in total. The molecule has 0 saturated carbocycles. The number of hydrogen-bond acceptors (Lipinski definition) is 3. The highest BCUT2D eigenvalue weighted by Gasteiger charge is 2.29. The zero-order valence-electron chi connectivity index (χ0n) is 15.0. The van der Waals surface area contributed by atoms with Crippen LogP contribution in [-0.2, 0) is 4.79 Å². The van der Waals surface area contributed by atoms with E-state index in [-0.39, 0.29) is 11.9 Å². The molecule has 2 aromatic carbocycles. The van der Waals surface area contributed by atoms with E-state index in [1.54, 1.807) is 18.2 Å². The third-order valence-electron chi connectivity index (χ3n) is 4.96. The fourth-order valence-corrected chi connectivity index (χ4v) is 3.77. The lowest BCUT2D eigenvalue weighted by atomic mass is 10.1. The van der Waals surface area contributed by atoms with Crippen LogP contribution < -0.4 is 15.1 Å². The van der Waals surface area contributed by atoms with Gasteiger partial charge in [-0.3, -0.25) is 4.79 Å². The molecule has 0 radical (unpaired) electrons. The number of hydrogen-bond donors (Lipinski definition) is 2. The molecule has 140 valence electrons. The lowest BCUT2D eigenvalue weighted by Crippen LogP contribution is -3.19. The summed E-state index contributed by atoms with van der Waals surface area (Å²) in [4.78, 5) is 16.1. The molecule has 0 unspecified atom stereocenters. The summed E-state index contributed by atoms with van der Waals surface area (Å²) in [6.45, 7) is 5.34. The lowest BCUT2D eigenvalue weighted by Gasteiger charge is -2.36. The molecule has 0 spiro atoms. The number of piperazine rings is 1. The molecule has 1 aliphatic rings. The highest BCUT2D eigenvalue weighted by atomic mass is 35.5. The first kappa shape index (κ1) is 19.5. The number of nitrogens with one attached hydrogen (secondary N) is 2. The van der Waals surface area contributed by atoms with Crippen molar-refractivity contribution in [3.63, 3.8) is 0 Å². The molecule has 1 fully saturated rings. The number of amides is 1. The predicted molar refractivity (Wildman–Crippen MR) is 109 cm³/mol. The van der Waals surface area contributed by atoms with Gasteiger partial charge in [0.2, 0.25) is 0 Å². The van der Waals surface area contributed by atoms with Gasteiger partial charge < -0.3 is 15.1 Å². The van der Waals surface area contributed by atoms with Crippen molar-refractivity contribution < 1.29 is 9.69 Å². The molecule has 1 amide bonds. The number of nitriles is 1. The maximum atomic E-state index is 12.6. The molecule has 0 bridgehead atoms. The number of halogens is 2. The number of carbonyl (C=O) groups excluding carboxylic acids is 1. The van der Waals surface area contributed by atoms with Crippen LogP contribution in [0, 0.1) is 11.3 Å². The van der Waals surface area contributed by atoms with Crippen LogP contribution in [0.3, 0.4) is 0 Å². The standard InChI is InChI=1S/C20H20Cl2N4O/c1-14(20(27)24-16-7-6-15(13-23)18(22)12-16)25-8-10-26(11-9-25)19-5-3-2-4-17(19)21/h2-7,12,14H,8-11H2,1H3,(H,24,27)/p+1/t14-/m1/s1. The van der Waals surface area contributed by atoms with Gasteiger partial charge in [-0.05, 0) is 37.3 Å². The van der Waals surface area contributed by atoms with Gasteiger partial charge in [0.1, 0.15) is 6.07 Å². The van der Waals surface area contributed by atoms with E-state index in [4.69, 9.17) is 28.5 Å². The Morgan fingerprint density at radius 1 is 1.19 bits per heavy atom. The zero-order chi connectivity index (χ0) is 19.4. The molecule has 1 heterocycles. The minimum atomic E-state index is -0.187. The summed E-state index contributed by atoms with van der Waals surface area (Å²) in [7, 11) is 0. The number of para-hydroxylation sites is 1. The van der Waals surface area contributed by atoms with Crippen LogP contribution in [0.2, 0.25) is 10.0 Å². The van der Waals surface area contributed by atoms with Gasteiger partial charge in [0.15, 0.2) is 6.04 Å². The van der Waals surface area contributed by atoms with Crippen LogP contribution in [0.5, 0.6) is 0 Å². The monoisotopic (exact) mass is 403 g/mol. The smallest absolute Gasteiger partial charge is 0.282 e. The zero-order valence-corrected chi connectivity index (χ0v) is 16.5. The van der Waals surface area contributed by atoms with Gasteiger partial charge >= 0.3 is 0 Å². The van der Waals surface area contributed by atoms with Crippen LogP contribution in [0.1, 0.15) is 12.5 Å². The molecular weight excluding hydrogens is 383 g/mol. The second-order valence-corrected chi connectivity index (χ2v) is 7.43. The van der Waals surface area contributed by atoms with Crippen LogP contribution >= 0.6 is 23.2 Å². The van der Waals surface area contributed by atoms with Gasteiger partial charge in [-0.1, -0.05) is 35.3 Å². The van der Waals surface area contributed by atoms with E-state index in [0.717, 1.165) is 36.9 Å². The van der Waals surface area contributed by atoms with E-state index in [0.29, 0.717) is 16.3 Å². The molecule has 1 saturated heterocycles. The van der Waals surface area contributed by atoms with Crippen molar-refractivity contribution in [3.8, 4) is 6.07 Å². The van der Waals surface area contributed by atoms with Crippen molar-refractivity contribution in [1.29, 1.82) is 5.26 Å². The Morgan fingerprint density at radius 3 is 2.52 bits per heavy atom. The van der Waals surface area contributed by atoms with Gasteiger partial charge in [-0.25, -0.2) is 0 Å². The van der Waals surface area contributed by atoms with Crippen molar-refractivity contribution in [2.45, 2.75) is 13.0 Å². The summed E-state index contributed by atoms with van der Waals surface area (Å²) in [5.74, 6) is -0.0584. The maximum absolute atomic E-state index is 12.6. The van der Waals surface area contributed by atoms with Crippen molar-refractivity contribution >= 4 is 40.5 Å². The normalized spacial score (nSPS) is 15.9. The van der Waals surface area contributed by atoms with E-state index in [1.165, 1.54) is 4.90 Å². The molecule has 1 atom stereocenters. The summed E-state index contributed by atoms with van der Waals surface area (Å²) in [5, 5.41) is 12.9. The summed E-state index contributed by atoms with van der Waals surface area (Å²) >= 11 is 12.3. The molecular formula is C20H21Cl2N4O+. The number of carbonyl (C=O) groups is 1. The minimum Gasteiger partial charge on any atom is -0.359 e. The summed E-state index contributed by atoms with van der Waals surface area (Å²) in [5.41, 5.74) is 2.04. The van der Waals surface area contributed by atoms with Gasteiger partial charge in [-0.15, -0.1) is 0 Å². The molecule has 7 heteroatoms. The highest BCUT2D eigenvalue weighted by Crippen LogP contribution is 2.25. The Hall–Kier alpha value is -2.26. The highest BCUT2D eigenvalue weighted by molar-refractivity contribution is 6.33. The van der Waals surface area contributed by atoms with E-state index in [1.807, 2.05) is 37.3 Å². The van der Waals surface area contributed by atoms with E-state index >= 15 is 0 Å². The second-order valence-electron chi connectivity index (χ2n) is 6.61. The van der Waals surface area contributed by atoms with Crippen molar-refractivity contribution in [2.75, 3.05) is 36.4 Å². The molecule has 3 rings (SSSR count). The summed E-state index contributed by atoms with van der Waals surface area (Å²) in [6, 6.07) is 14.6. The Bertz CT molecular complexity index is 873. The van der Waals surface area contributed by atoms with Crippen LogP contribution in [0.25, 0.3) is 0 Å². The van der Waals surface area contributed by atoms with Crippen LogP contribution in [-0.4, -0.2) is 38.1 Å². The number of rotatable bonds is 4. The van der Waals surface area contributed by atoms with E-state index in [2.05, 4.69) is 10.2 Å². The Balaban J connectivity index is 1.58. The van der Waals surface area contributed by atoms with Crippen LogP contribution in [0.4, 0.5) is 11.4 Å². The predicted octanol–water partition coefficient (Wildman–Crippen LogP) is 2.60. The third kappa shape index (κ3) is 4.54. The first-order chi connectivity index (χ1) is 13.0. The summed E-state index contributed by atoms with van der Waals surface area (Å²) < 4.78 is 0. The van der Waals surface area contributed by atoms with Crippen LogP contribution in [0.15, 0.2) is 42.5 Å². The molecule has 27 heavy (non-hydrogen) atoms. The molecule has 1 aliphatic heterocycles. The van der Waals surface area contributed by atoms with E-state index in [9.17, 15) is 4.79 Å². The Morgan fingerprint density at radius 2 is 1.89 bits per heavy atom. The maximum Gasteiger partial charge on any atom is 0.282 e. The topological polar surface area (TPSA) is 60.6 Å². The molecule has 0 aromatic heterocycles. The number of quaternary nitrogens is 1. The average Bonchev–Trinajstić information content (AvgIpc) is 2.68. The number of benzene rings is 2. The fourth-order valence-electron chi connectivity index (χ4n) is 3.30. The Labute approximate surface area is 169 Å². The third-order valence-corrected chi connectivity index (χ3v) is 5.59. The van der Waals surface area contributed by atoms with E-state index < -0.39 is 0 Å². The van der Waals surface area contributed by atoms with Gasteiger partial charge in [0, 0.05) is 5.69 Å². The first-order valence-corrected chi connectivity index (χ1v) is 9.59. The van der Waals surface area contributed by atoms with Gasteiger partial charge in [0.25, 0.3) is 5.91 Å². The largest absolute Gasteiger partial charge is 0.359 e. The average molecular weight is 404 g/mol.